The summed E-state index contributed by atoms with van der Waals surface area (Å²) in [6.07, 6.45) is 0.877. The number of hydrogen-bond donors (Lipinski definition) is 3. The Morgan fingerprint density at radius 3 is 2.43 bits per heavy atom. The lowest BCUT2D eigenvalue weighted by molar-refractivity contribution is 0.0951. The number of amides is 2. The minimum Gasteiger partial charge on any atom is -0.491 e. The molecule has 3 N–H and O–H groups in total. The van der Waals surface area contributed by atoms with Crippen molar-refractivity contribution in [3.8, 4) is 5.75 Å². The molecule has 0 aliphatic rings. The lowest BCUT2D eigenvalue weighted by Gasteiger charge is -2.11. The third-order valence-corrected chi connectivity index (χ3v) is 4.17. The first-order chi connectivity index (χ1) is 14.5. The second kappa shape index (κ2) is 12.6. The molecule has 0 bridgehead atoms. The average molecular weight is 430 g/mol. The normalized spacial score (nSPS) is 10.2. The van der Waals surface area contributed by atoms with E-state index < -0.39 is 0 Å². The third kappa shape index (κ3) is 7.81. The zero-order valence-electron chi connectivity index (χ0n) is 17.2. The van der Waals surface area contributed by atoms with Gasteiger partial charge in [-0.05, 0) is 68.0 Å². The van der Waals surface area contributed by atoms with Crippen molar-refractivity contribution in [3.63, 3.8) is 0 Å². The molecule has 160 valence electrons. The quantitative estimate of drug-likeness (QED) is 0.396. The first-order valence-electron chi connectivity index (χ1n) is 9.84. The maximum Gasteiger partial charge on any atom is 0.257 e. The number of nitrogens with one attached hydrogen (secondary N) is 3. The van der Waals surface area contributed by atoms with Gasteiger partial charge in [-0.2, -0.15) is 0 Å². The molecule has 0 aliphatic heterocycles. The number of carbonyl (C=O) groups is 2. The van der Waals surface area contributed by atoms with E-state index in [1.165, 1.54) is 0 Å². The number of rotatable bonds is 10. The van der Waals surface area contributed by atoms with Crippen molar-refractivity contribution in [3.05, 3.63) is 59.7 Å². The van der Waals surface area contributed by atoms with E-state index in [1.807, 2.05) is 13.8 Å². The van der Waals surface area contributed by atoms with Crippen LogP contribution >= 0.6 is 12.2 Å². The van der Waals surface area contributed by atoms with E-state index in [9.17, 15) is 9.59 Å². The minimum absolute atomic E-state index is 0.123. The van der Waals surface area contributed by atoms with Gasteiger partial charge in [0.25, 0.3) is 11.8 Å². The van der Waals surface area contributed by atoms with Gasteiger partial charge in [-0.25, -0.2) is 0 Å². The topological polar surface area (TPSA) is 88.7 Å². The summed E-state index contributed by atoms with van der Waals surface area (Å²) in [5.74, 6) is 0.110. The molecule has 0 heterocycles. The standard InChI is InChI=1S/C22H27N3O4S/c1-3-12-23-20(26)16-8-10-18(11-9-16)24-22(30)25-21(27)17-6-5-7-19(15-17)29-14-13-28-4-2/h5-11,15H,3-4,12-14H2,1-2H3,(H,23,26)(H2,24,25,27,30). The number of benzene rings is 2. The molecule has 0 spiro atoms. The van der Waals surface area contributed by atoms with Crippen LogP contribution in [0, 0.1) is 0 Å². The summed E-state index contributed by atoms with van der Waals surface area (Å²) in [6, 6.07) is 13.7. The lowest BCUT2D eigenvalue weighted by atomic mass is 10.2. The Labute approximate surface area is 182 Å². The van der Waals surface area contributed by atoms with Gasteiger partial charge in [0.2, 0.25) is 0 Å². The van der Waals surface area contributed by atoms with Gasteiger partial charge in [0, 0.05) is 30.0 Å². The van der Waals surface area contributed by atoms with Crippen LogP contribution in [0.15, 0.2) is 48.5 Å². The van der Waals surface area contributed by atoms with Crippen molar-refractivity contribution in [1.29, 1.82) is 0 Å². The van der Waals surface area contributed by atoms with Gasteiger partial charge in [0.1, 0.15) is 12.4 Å². The Hall–Kier alpha value is -2.97. The molecule has 7 nitrogen and oxygen atoms in total. The lowest BCUT2D eigenvalue weighted by Crippen LogP contribution is -2.34. The van der Waals surface area contributed by atoms with E-state index in [-0.39, 0.29) is 16.9 Å². The zero-order chi connectivity index (χ0) is 21.8. The van der Waals surface area contributed by atoms with Crippen molar-refractivity contribution in [2.24, 2.45) is 0 Å². The second-order valence-electron chi connectivity index (χ2n) is 6.31. The van der Waals surface area contributed by atoms with Crippen molar-refractivity contribution < 1.29 is 19.1 Å². The highest BCUT2D eigenvalue weighted by molar-refractivity contribution is 7.80. The monoisotopic (exact) mass is 429 g/mol. The Morgan fingerprint density at radius 2 is 1.73 bits per heavy atom. The van der Waals surface area contributed by atoms with Crippen LogP contribution in [0.2, 0.25) is 0 Å². The Balaban J connectivity index is 1.87. The van der Waals surface area contributed by atoms with E-state index >= 15 is 0 Å². The first kappa shape index (κ1) is 23.3. The molecule has 30 heavy (non-hydrogen) atoms. The van der Waals surface area contributed by atoms with Crippen molar-refractivity contribution in [2.45, 2.75) is 20.3 Å². The number of ether oxygens (including phenoxy) is 2. The highest BCUT2D eigenvalue weighted by atomic mass is 32.1. The first-order valence-corrected chi connectivity index (χ1v) is 10.3. The van der Waals surface area contributed by atoms with Gasteiger partial charge in [0.15, 0.2) is 5.11 Å². The van der Waals surface area contributed by atoms with Gasteiger partial charge in [-0.3, -0.25) is 14.9 Å². The molecule has 0 saturated carbocycles. The molecule has 0 unspecified atom stereocenters. The maximum atomic E-state index is 12.4. The van der Waals surface area contributed by atoms with E-state index in [0.717, 1.165) is 6.42 Å². The van der Waals surface area contributed by atoms with Gasteiger partial charge < -0.3 is 20.1 Å². The van der Waals surface area contributed by atoms with Gasteiger partial charge >= 0.3 is 0 Å². The molecular formula is C22H27N3O4S. The van der Waals surface area contributed by atoms with E-state index in [4.69, 9.17) is 21.7 Å². The predicted octanol–water partition coefficient (Wildman–Crippen LogP) is 3.37. The fourth-order valence-electron chi connectivity index (χ4n) is 2.47. The SMILES string of the molecule is CCCNC(=O)c1ccc(NC(=S)NC(=O)c2cccc(OCCOCC)c2)cc1. The number of carbonyl (C=O) groups excluding carboxylic acids is 2. The van der Waals surface area contributed by atoms with Crippen LogP contribution in [0.3, 0.4) is 0 Å². The largest absolute Gasteiger partial charge is 0.491 e. The summed E-state index contributed by atoms with van der Waals surface area (Å²) in [6.45, 7) is 6.07. The van der Waals surface area contributed by atoms with Crippen LogP contribution in [0.25, 0.3) is 0 Å². The average Bonchev–Trinajstić information content (AvgIpc) is 2.75. The highest BCUT2D eigenvalue weighted by Crippen LogP contribution is 2.14. The van der Waals surface area contributed by atoms with Crippen LogP contribution in [-0.2, 0) is 4.74 Å². The molecule has 0 radical (unpaired) electrons. The third-order valence-electron chi connectivity index (χ3n) is 3.96. The van der Waals surface area contributed by atoms with Gasteiger partial charge in [-0.1, -0.05) is 13.0 Å². The molecule has 0 aliphatic carbocycles. The Bertz CT molecular complexity index is 856. The predicted molar refractivity (Wildman–Crippen MR) is 121 cm³/mol. The maximum absolute atomic E-state index is 12.4. The summed E-state index contributed by atoms with van der Waals surface area (Å²) < 4.78 is 10.8. The molecule has 8 heteroatoms. The summed E-state index contributed by atoms with van der Waals surface area (Å²) in [5, 5.41) is 8.55. The molecular weight excluding hydrogens is 402 g/mol. The Morgan fingerprint density at radius 1 is 0.967 bits per heavy atom. The molecule has 0 atom stereocenters. The molecule has 2 amide bonds. The van der Waals surface area contributed by atoms with Crippen molar-refractivity contribution in [1.82, 2.24) is 10.6 Å². The van der Waals surface area contributed by atoms with Gasteiger partial charge in [-0.15, -0.1) is 0 Å². The van der Waals surface area contributed by atoms with Crippen LogP contribution in [-0.4, -0.2) is 43.3 Å². The molecule has 0 aromatic heterocycles. The highest BCUT2D eigenvalue weighted by Gasteiger charge is 2.10. The molecule has 0 fully saturated rings. The number of thiocarbonyl (C=S) groups is 1. The Kier molecular flexibility index (Phi) is 9.76. The van der Waals surface area contributed by atoms with Crippen LogP contribution in [0.4, 0.5) is 5.69 Å². The van der Waals surface area contributed by atoms with Crippen molar-refractivity contribution in [2.75, 3.05) is 31.7 Å². The molecule has 2 aromatic rings. The van der Waals surface area contributed by atoms with E-state index in [0.29, 0.717) is 48.9 Å². The fraction of sp³-hybridized carbons (Fsp3) is 0.318. The number of anilines is 1. The van der Waals surface area contributed by atoms with E-state index in [1.54, 1.807) is 48.5 Å². The number of hydrogen-bond acceptors (Lipinski definition) is 5. The molecule has 2 aromatic carbocycles. The van der Waals surface area contributed by atoms with Crippen LogP contribution in [0.5, 0.6) is 5.75 Å². The zero-order valence-corrected chi connectivity index (χ0v) is 18.0. The summed E-state index contributed by atoms with van der Waals surface area (Å²) in [5.41, 5.74) is 1.65. The smallest absolute Gasteiger partial charge is 0.257 e. The summed E-state index contributed by atoms with van der Waals surface area (Å²) >= 11 is 5.22. The second-order valence-corrected chi connectivity index (χ2v) is 6.72. The summed E-state index contributed by atoms with van der Waals surface area (Å²) in [7, 11) is 0. The van der Waals surface area contributed by atoms with Gasteiger partial charge in [0.05, 0.1) is 6.61 Å². The van der Waals surface area contributed by atoms with Crippen LogP contribution < -0.4 is 20.7 Å². The fourth-order valence-corrected chi connectivity index (χ4v) is 2.68. The summed E-state index contributed by atoms with van der Waals surface area (Å²) in [4.78, 5) is 24.4. The molecule has 0 saturated heterocycles. The van der Waals surface area contributed by atoms with E-state index in [2.05, 4.69) is 16.0 Å². The van der Waals surface area contributed by atoms with Crippen molar-refractivity contribution >= 4 is 34.8 Å². The van der Waals surface area contributed by atoms with Crippen LogP contribution in [0.1, 0.15) is 41.0 Å². The molecule has 2 rings (SSSR count). The minimum atomic E-state index is -0.349.